The Kier molecular flexibility index (Phi) is 9.98. The molecule has 0 saturated carbocycles. The number of methoxy groups -OCH3 is 2. The first-order valence-electron chi connectivity index (χ1n) is 14.8. The number of halogens is 3. The van der Waals surface area contributed by atoms with Crippen molar-refractivity contribution in [2.75, 3.05) is 20.8 Å². The quantitative estimate of drug-likeness (QED) is 0.144. The standard InChI is InChI=1S/C36H29BrCl2N2O6S/c1-5-46-35(43)30-19(2)40-36-41(32(30)31-24-9-7-6-8-21(24)11-13-27(31)44-3)34(42)29(48-36)16-20-14-25(37)33(28(15-20)45-4)47-18-22-10-12-23(38)17-26(22)39/h6-17,32H,5,18H2,1-4H3/b29-16-/t32-/m1/s1. The molecule has 246 valence electrons. The SMILES string of the molecule is CCOC(=O)C1=C(C)N=c2s/c(=C\c3cc(Br)c(OCc4ccc(Cl)cc4Cl)c(OC)c3)c(=O)n2[C@H]1c1c(OC)ccc2ccccc12. The van der Waals surface area contributed by atoms with E-state index in [0.29, 0.717) is 57.9 Å². The minimum atomic E-state index is -0.847. The van der Waals surface area contributed by atoms with Crippen LogP contribution in [0.2, 0.25) is 10.0 Å². The number of hydrogen-bond acceptors (Lipinski definition) is 8. The summed E-state index contributed by atoms with van der Waals surface area (Å²) in [5, 5.41) is 2.81. The van der Waals surface area contributed by atoms with Crippen LogP contribution in [0.15, 0.2) is 92.3 Å². The summed E-state index contributed by atoms with van der Waals surface area (Å²) in [7, 11) is 3.11. The Hall–Kier alpha value is -4.09. The Morgan fingerprint density at radius 2 is 1.81 bits per heavy atom. The molecule has 1 aliphatic heterocycles. The zero-order valence-corrected chi connectivity index (χ0v) is 30.2. The van der Waals surface area contributed by atoms with E-state index >= 15 is 0 Å². The molecule has 0 bridgehead atoms. The number of hydrogen-bond donors (Lipinski definition) is 0. The molecule has 4 aromatic carbocycles. The number of nitrogens with zero attached hydrogens (tertiary/aromatic N) is 2. The molecular formula is C36H29BrCl2N2O6S. The summed E-state index contributed by atoms with van der Waals surface area (Å²) in [6.45, 7) is 3.85. The fraction of sp³-hybridized carbons (Fsp3) is 0.194. The van der Waals surface area contributed by atoms with Crippen LogP contribution in [0.1, 0.15) is 36.6 Å². The number of benzene rings is 4. The van der Waals surface area contributed by atoms with Crippen molar-refractivity contribution in [3.05, 3.63) is 129 Å². The van der Waals surface area contributed by atoms with E-state index in [1.807, 2.05) is 42.5 Å². The molecule has 48 heavy (non-hydrogen) atoms. The molecule has 6 rings (SSSR count). The van der Waals surface area contributed by atoms with Crippen LogP contribution in [0, 0.1) is 0 Å². The Morgan fingerprint density at radius 3 is 2.54 bits per heavy atom. The van der Waals surface area contributed by atoms with Crippen molar-refractivity contribution >= 4 is 73.3 Å². The smallest absolute Gasteiger partial charge is 0.338 e. The lowest BCUT2D eigenvalue weighted by atomic mass is 9.90. The van der Waals surface area contributed by atoms with Crippen LogP contribution in [0.5, 0.6) is 17.2 Å². The highest BCUT2D eigenvalue weighted by Crippen LogP contribution is 2.41. The monoisotopic (exact) mass is 766 g/mol. The van der Waals surface area contributed by atoms with Gasteiger partial charge in [0, 0.05) is 21.2 Å². The summed E-state index contributed by atoms with van der Waals surface area (Å²) in [5.74, 6) is 0.915. The Labute approximate surface area is 298 Å². The summed E-state index contributed by atoms with van der Waals surface area (Å²) in [6, 6.07) is 19.6. The van der Waals surface area contributed by atoms with Gasteiger partial charge in [-0.05, 0) is 82.5 Å². The molecule has 0 unspecified atom stereocenters. The minimum Gasteiger partial charge on any atom is -0.496 e. The highest BCUT2D eigenvalue weighted by Gasteiger charge is 2.36. The maximum absolute atomic E-state index is 14.4. The molecule has 5 aromatic rings. The summed E-state index contributed by atoms with van der Waals surface area (Å²) in [5.41, 5.74) is 2.54. The fourth-order valence-electron chi connectivity index (χ4n) is 5.70. The van der Waals surface area contributed by atoms with E-state index in [4.69, 9.17) is 47.1 Å². The van der Waals surface area contributed by atoms with E-state index < -0.39 is 12.0 Å². The molecule has 12 heteroatoms. The highest BCUT2D eigenvalue weighted by atomic mass is 79.9. The van der Waals surface area contributed by atoms with Crippen molar-refractivity contribution in [1.29, 1.82) is 0 Å². The van der Waals surface area contributed by atoms with Gasteiger partial charge in [0.05, 0.1) is 41.1 Å². The topological polar surface area (TPSA) is 88.4 Å². The van der Waals surface area contributed by atoms with Crippen LogP contribution in [-0.2, 0) is 16.1 Å². The van der Waals surface area contributed by atoms with E-state index in [0.717, 1.165) is 16.3 Å². The minimum absolute atomic E-state index is 0.169. The van der Waals surface area contributed by atoms with Gasteiger partial charge in [-0.15, -0.1) is 0 Å². The lowest BCUT2D eigenvalue weighted by Crippen LogP contribution is -2.40. The number of rotatable bonds is 9. The molecule has 1 aliphatic rings. The van der Waals surface area contributed by atoms with Crippen molar-refractivity contribution in [1.82, 2.24) is 4.57 Å². The predicted octanol–water partition coefficient (Wildman–Crippen LogP) is 7.62. The lowest BCUT2D eigenvalue weighted by Gasteiger charge is -2.27. The highest BCUT2D eigenvalue weighted by molar-refractivity contribution is 9.10. The number of thiazole rings is 1. The van der Waals surface area contributed by atoms with E-state index in [1.165, 1.54) is 11.3 Å². The average Bonchev–Trinajstić information content (AvgIpc) is 3.37. The molecule has 2 heterocycles. The molecular weight excluding hydrogens is 739 g/mol. The first-order chi connectivity index (χ1) is 23.1. The van der Waals surface area contributed by atoms with E-state index in [2.05, 4.69) is 15.9 Å². The molecule has 0 amide bonds. The second-order valence-corrected chi connectivity index (χ2v) is 13.5. The summed E-state index contributed by atoms with van der Waals surface area (Å²) in [6.07, 6.45) is 1.76. The van der Waals surface area contributed by atoms with Crippen molar-refractivity contribution in [2.24, 2.45) is 4.99 Å². The van der Waals surface area contributed by atoms with Gasteiger partial charge in [-0.25, -0.2) is 9.79 Å². The average molecular weight is 769 g/mol. The summed E-state index contributed by atoms with van der Waals surface area (Å²) < 4.78 is 25.7. The third-order valence-electron chi connectivity index (χ3n) is 7.88. The molecule has 0 radical (unpaired) electrons. The molecule has 0 fully saturated rings. The Morgan fingerprint density at radius 1 is 1.04 bits per heavy atom. The van der Waals surface area contributed by atoms with E-state index in [-0.39, 0.29) is 24.3 Å². The van der Waals surface area contributed by atoms with E-state index in [9.17, 15) is 9.59 Å². The number of allylic oxidation sites excluding steroid dienone is 1. The van der Waals surface area contributed by atoms with Gasteiger partial charge in [0.1, 0.15) is 18.4 Å². The molecule has 0 N–H and O–H groups in total. The third kappa shape index (κ3) is 6.37. The zero-order chi connectivity index (χ0) is 34.1. The number of carbonyl (C=O) groups is 1. The maximum Gasteiger partial charge on any atom is 0.338 e. The first kappa shape index (κ1) is 33.8. The molecule has 0 saturated heterocycles. The number of esters is 1. The van der Waals surface area contributed by atoms with Crippen LogP contribution < -0.4 is 29.1 Å². The maximum atomic E-state index is 14.4. The van der Waals surface area contributed by atoms with E-state index in [1.54, 1.807) is 63.0 Å². The van der Waals surface area contributed by atoms with Crippen molar-refractivity contribution < 1.29 is 23.7 Å². The van der Waals surface area contributed by atoms with Crippen LogP contribution in [0.3, 0.4) is 0 Å². The van der Waals surface area contributed by atoms with Gasteiger partial charge in [-0.3, -0.25) is 9.36 Å². The number of fused-ring (bicyclic) bond motifs is 2. The second kappa shape index (κ2) is 14.2. The largest absolute Gasteiger partial charge is 0.496 e. The number of ether oxygens (including phenoxy) is 4. The fourth-order valence-corrected chi connectivity index (χ4v) is 7.79. The van der Waals surface area contributed by atoms with Crippen molar-refractivity contribution in [2.45, 2.75) is 26.5 Å². The molecule has 1 atom stereocenters. The number of aromatic nitrogens is 1. The first-order valence-corrected chi connectivity index (χ1v) is 17.2. The molecule has 0 aliphatic carbocycles. The molecule has 0 spiro atoms. The molecule has 8 nitrogen and oxygen atoms in total. The Bertz CT molecular complexity index is 2300. The van der Waals surface area contributed by atoms with Crippen molar-refractivity contribution in [3.63, 3.8) is 0 Å². The summed E-state index contributed by atoms with van der Waals surface area (Å²) >= 11 is 17.2. The van der Waals surface area contributed by atoms with Gasteiger partial charge in [0.25, 0.3) is 5.56 Å². The summed E-state index contributed by atoms with van der Waals surface area (Å²) in [4.78, 5) is 33.1. The normalized spacial score (nSPS) is 14.5. The van der Waals surface area contributed by atoms with Gasteiger partial charge < -0.3 is 18.9 Å². The predicted molar refractivity (Wildman–Crippen MR) is 192 cm³/mol. The van der Waals surface area contributed by atoms with Crippen LogP contribution in [-0.4, -0.2) is 31.4 Å². The zero-order valence-electron chi connectivity index (χ0n) is 26.3. The number of carbonyl (C=O) groups excluding carboxylic acids is 1. The van der Waals surface area contributed by atoms with Crippen LogP contribution >= 0.6 is 50.5 Å². The van der Waals surface area contributed by atoms with Gasteiger partial charge in [0.2, 0.25) is 0 Å². The molecule has 1 aromatic heterocycles. The lowest BCUT2D eigenvalue weighted by molar-refractivity contribution is -0.139. The Balaban J connectivity index is 1.48. The van der Waals surface area contributed by atoms with Crippen LogP contribution in [0.25, 0.3) is 16.8 Å². The third-order valence-corrected chi connectivity index (χ3v) is 10.0. The van der Waals surface area contributed by atoms with Gasteiger partial charge in [-0.2, -0.15) is 0 Å². The van der Waals surface area contributed by atoms with Gasteiger partial charge in [-0.1, -0.05) is 70.9 Å². The van der Waals surface area contributed by atoms with Gasteiger partial charge >= 0.3 is 5.97 Å². The van der Waals surface area contributed by atoms with Gasteiger partial charge in [0.15, 0.2) is 16.3 Å². The second-order valence-electron chi connectivity index (χ2n) is 10.8. The van der Waals surface area contributed by atoms with Crippen molar-refractivity contribution in [3.8, 4) is 17.2 Å². The van der Waals surface area contributed by atoms with Crippen LogP contribution in [0.4, 0.5) is 0 Å².